The number of aliphatic hydroxyl groups excluding tert-OH is 1. The van der Waals surface area contributed by atoms with Gasteiger partial charge in [-0.1, -0.05) is 0 Å². The molecule has 10 nitrogen and oxygen atoms in total. The van der Waals surface area contributed by atoms with Crippen molar-refractivity contribution < 1.29 is 19.0 Å². The number of imidazole rings is 1. The first kappa shape index (κ1) is 29.0. The molecular weight excluding hydrogens is 549 g/mol. The van der Waals surface area contributed by atoms with Crippen LogP contribution >= 0.6 is 0 Å². The number of aromatic amines is 1. The zero-order valence-corrected chi connectivity index (χ0v) is 24.7. The first-order chi connectivity index (χ1) is 20.9. The minimum atomic E-state index is -0.451. The van der Waals surface area contributed by atoms with E-state index < -0.39 is 6.61 Å². The van der Waals surface area contributed by atoms with Crippen molar-refractivity contribution >= 4 is 22.8 Å². The number of alkyl halides is 1. The van der Waals surface area contributed by atoms with Gasteiger partial charge in [0.2, 0.25) is 5.91 Å². The number of hydrogen-bond donors (Lipinski definition) is 2. The molecule has 4 heterocycles. The summed E-state index contributed by atoms with van der Waals surface area (Å²) in [7, 11) is 0. The Labute approximate surface area is 250 Å². The van der Waals surface area contributed by atoms with E-state index in [1.165, 1.54) is 0 Å². The average molecular weight is 588 g/mol. The number of rotatable bonds is 8. The van der Waals surface area contributed by atoms with Crippen molar-refractivity contribution in [2.75, 3.05) is 57.4 Å². The number of anilines is 1. The number of H-pyrrole nitrogens is 1. The van der Waals surface area contributed by atoms with Crippen molar-refractivity contribution in [3.05, 3.63) is 54.4 Å². The van der Waals surface area contributed by atoms with Gasteiger partial charge < -0.3 is 24.6 Å². The molecule has 0 saturated carbocycles. The Morgan fingerprint density at radius 3 is 2.53 bits per heavy atom. The van der Waals surface area contributed by atoms with Gasteiger partial charge in [-0.2, -0.15) is 0 Å². The van der Waals surface area contributed by atoms with E-state index in [0.29, 0.717) is 36.8 Å². The van der Waals surface area contributed by atoms with Gasteiger partial charge in [0, 0.05) is 75.0 Å². The van der Waals surface area contributed by atoms with Crippen molar-refractivity contribution in [3.63, 3.8) is 0 Å². The number of aryl methyl sites for hydroxylation is 1. The number of fused-ring (bicyclic) bond motifs is 1. The number of nitrogens with one attached hydrogen (secondary N) is 1. The number of ether oxygens (including phenoxy) is 1. The normalized spacial score (nSPS) is 18.4. The van der Waals surface area contributed by atoms with E-state index in [9.17, 15) is 9.18 Å². The number of carbonyl (C=O) groups is 1. The van der Waals surface area contributed by atoms with Crippen LogP contribution in [-0.2, 0) is 4.79 Å². The van der Waals surface area contributed by atoms with Crippen molar-refractivity contribution in [1.82, 2.24) is 29.7 Å². The van der Waals surface area contributed by atoms with Gasteiger partial charge in [0.25, 0.3) is 0 Å². The van der Waals surface area contributed by atoms with Gasteiger partial charge in [-0.25, -0.2) is 19.3 Å². The van der Waals surface area contributed by atoms with E-state index >= 15 is 0 Å². The molecule has 0 radical (unpaired) electrons. The number of aromatic nitrogens is 4. The SMILES string of the molecule is Cc1cc(-c2ncnc3[nH]c(-c4ccc(N5CCN(CCF)C(C)C5)cc4)nc23)ccc1OC1CCN(C(=O)CO)CC1. The molecule has 2 N–H and O–H groups in total. The van der Waals surface area contributed by atoms with E-state index in [1.807, 2.05) is 19.1 Å². The molecule has 11 heteroatoms. The summed E-state index contributed by atoms with van der Waals surface area (Å²) in [5, 5.41) is 9.10. The first-order valence-electron chi connectivity index (χ1n) is 15.0. The average Bonchev–Trinajstić information content (AvgIpc) is 3.48. The molecule has 2 aromatic carbocycles. The van der Waals surface area contributed by atoms with Gasteiger partial charge in [0.05, 0.1) is 0 Å². The van der Waals surface area contributed by atoms with Gasteiger partial charge in [0.1, 0.15) is 48.5 Å². The summed E-state index contributed by atoms with van der Waals surface area (Å²) in [6.45, 7) is 7.69. The van der Waals surface area contributed by atoms with Crippen LogP contribution < -0.4 is 9.64 Å². The zero-order valence-electron chi connectivity index (χ0n) is 24.7. The highest BCUT2D eigenvalue weighted by molar-refractivity contribution is 5.89. The standard InChI is InChI=1S/C32H38FN7O3/c1-21-17-24(5-8-27(21)43-26-9-12-39(13-10-26)28(42)19-41)29-30-32(35-20-34-29)37-31(36-30)23-3-6-25(7-4-23)40-16-15-38(14-11-33)22(2)18-40/h3-8,17,20,22,26,41H,9-16,18-19H2,1-2H3,(H,34,35,36,37). The molecule has 0 aliphatic carbocycles. The highest BCUT2D eigenvalue weighted by atomic mass is 19.1. The molecule has 2 aliphatic heterocycles. The van der Waals surface area contributed by atoms with Gasteiger partial charge in [-0.3, -0.25) is 9.69 Å². The molecular formula is C32H38FN7O3. The maximum atomic E-state index is 12.8. The second-order valence-corrected chi connectivity index (χ2v) is 11.4. The van der Waals surface area contributed by atoms with Gasteiger partial charge in [-0.15, -0.1) is 0 Å². The lowest BCUT2D eigenvalue weighted by molar-refractivity contribution is -0.135. The number of hydrogen-bond acceptors (Lipinski definition) is 8. The molecule has 2 fully saturated rings. The van der Waals surface area contributed by atoms with Crippen molar-refractivity contribution in [3.8, 4) is 28.4 Å². The van der Waals surface area contributed by atoms with E-state index in [2.05, 4.69) is 62.0 Å². The fraction of sp³-hybridized carbons (Fsp3) is 0.438. The molecule has 1 amide bonds. The molecule has 6 rings (SSSR count). The van der Waals surface area contributed by atoms with Gasteiger partial charge in [0.15, 0.2) is 5.65 Å². The zero-order chi connectivity index (χ0) is 29.9. The predicted molar refractivity (Wildman–Crippen MR) is 164 cm³/mol. The predicted octanol–water partition coefficient (Wildman–Crippen LogP) is 3.84. The number of carbonyl (C=O) groups excluding carboxylic acids is 1. The van der Waals surface area contributed by atoms with E-state index in [4.69, 9.17) is 14.8 Å². The third-order valence-corrected chi connectivity index (χ3v) is 8.60. The van der Waals surface area contributed by atoms with Crippen molar-refractivity contribution in [1.29, 1.82) is 0 Å². The van der Waals surface area contributed by atoms with Crippen LogP contribution in [0.25, 0.3) is 33.8 Å². The molecule has 1 atom stereocenters. The van der Waals surface area contributed by atoms with Crippen LogP contribution in [0.1, 0.15) is 25.3 Å². The highest BCUT2D eigenvalue weighted by Gasteiger charge is 2.25. The molecule has 226 valence electrons. The maximum absolute atomic E-state index is 12.8. The number of likely N-dealkylation sites (tertiary alicyclic amines) is 1. The lowest BCUT2D eigenvalue weighted by atomic mass is 10.1. The fourth-order valence-electron chi connectivity index (χ4n) is 6.11. The third-order valence-electron chi connectivity index (χ3n) is 8.60. The molecule has 4 aromatic rings. The minimum Gasteiger partial charge on any atom is -0.490 e. The lowest BCUT2D eigenvalue weighted by Crippen LogP contribution is -2.52. The van der Waals surface area contributed by atoms with E-state index in [1.54, 1.807) is 11.2 Å². The maximum Gasteiger partial charge on any atom is 0.248 e. The Bertz CT molecular complexity index is 1570. The van der Waals surface area contributed by atoms with Gasteiger partial charge in [-0.05, 0) is 61.9 Å². The molecule has 2 saturated heterocycles. The molecule has 1 unspecified atom stereocenters. The molecule has 2 aliphatic rings. The number of halogens is 1. The Kier molecular flexibility index (Phi) is 8.53. The summed E-state index contributed by atoms with van der Waals surface area (Å²) in [6.07, 6.45) is 3.03. The van der Waals surface area contributed by atoms with Crippen LogP contribution in [0.2, 0.25) is 0 Å². The Morgan fingerprint density at radius 1 is 1.07 bits per heavy atom. The lowest BCUT2D eigenvalue weighted by Gasteiger charge is -2.40. The van der Waals surface area contributed by atoms with Crippen LogP contribution in [0.4, 0.5) is 10.1 Å². The van der Waals surface area contributed by atoms with Crippen molar-refractivity contribution in [2.45, 2.75) is 38.8 Å². The summed E-state index contributed by atoms with van der Waals surface area (Å²) < 4.78 is 19.1. The van der Waals surface area contributed by atoms with Crippen LogP contribution in [-0.4, -0.2) is 105 Å². The Balaban J connectivity index is 1.16. The number of aliphatic hydroxyl groups is 1. The van der Waals surface area contributed by atoms with Crippen LogP contribution in [0.5, 0.6) is 5.75 Å². The van der Waals surface area contributed by atoms with Crippen LogP contribution in [0.3, 0.4) is 0 Å². The topological polar surface area (TPSA) is 111 Å². The first-order valence-corrected chi connectivity index (χ1v) is 15.0. The Hall–Kier alpha value is -4.09. The fourth-order valence-corrected chi connectivity index (χ4v) is 6.11. The summed E-state index contributed by atoms with van der Waals surface area (Å²) in [5.41, 5.74) is 6.14. The van der Waals surface area contributed by atoms with E-state index in [-0.39, 0.29) is 18.7 Å². The summed E-state index contributed by atoms with van der Waals surface area (Å²) in [5.74, 6) is 1.30. The number of piperidine rings is 1. The Morgan fingerprint density at radius 2 is 1.84 bits per heavy atom. The quantitative estimate of drug-likeness (QED) is 0.320. The minimum absolute atomic E-state index is 0.0210. The highest BCUT2D eigenvalue weighted by Crippen LogP contribution is 2.32. The number of piperazine rings is 1. The summed E-state index contributed by atoms with van der Waals surface area (Å²) in [4.78, 5) is 35.3. The molecule has 43 heavy (non-hydrogen) atoms. The smallest absolute Gasteiger partial charge is 0.248 e. The number of nitrogens with zero attached hydrogens (tertiary/aromatic N) is 6. The second-order valence-electron chi connectivity index (χ2n) is 11.4. The monoisotopic (exact) mass is 587 g/mol. The molecule has 0 spiro atoms. The molecule has 0 bridgehead atoms. The van der Waals surface area contributed by atoms with Crippen molar-refractivity contribution in [2.24, 2.45) is 0 Å². The van der Waals surface area contributed by atoms with Gasteiger partial charge >= 0.3 is 0 Å². The largest absolute Gasteiger partial charge is 0.490 e. The third kappa shape index (κ3) is 6.18. The summed E-state index contributed by atoms with van der Waals surface area (Å²) >= 11 is 0. The van der Waals surface area contributed by atoms with Crippen LogP contribution in [0, 0.1) is 6.92 Å². The number of benzene rings is 2. The van der Waals surface area contributed by atoms with E-state index in [0.717, 1.165) is 72.1 Å². The second kappa shape index (κ2) is 12.6. The number of amides is 1. The summed E-state index contributed by atoms with van der Waals surface area (Å²) in [6, 6.07) is 14.7. The van der Waals surface area contributed by atoms with Crippen LogP contribution in [0.15, 0.2) is 48.8 Å². The molecule has 2 aromatic heterocycles.